The van der Waals surface area contributed by atoms with Gasteiger partial charge >= 0.3 is 0 Å². The molecule has 0 fully saturated rings. The van der Waals surface area contributed by atoms with Crippen molar-refractivity contribution in [3.63, 3.8) is 0 Å². The summed E-state index contributed by atoms with van der Waals surface area (Å²) in [5, 5.41) is 4.46. The molecular formula is C13H13Cl2N3. The number of rotatable bonds is 3. The standard InChI is InChI=1S/C13H13Cl2N3/c1-8(10-5-4-9(14)7-11(10)15)18-13-12(16)3-2-6-17-13/h2-8H,16H2,1H3,(H,17,18). The van der Waals surface area contributed by atoms with E-state index in [2.05, 4.69) is 10.3 Å². The Balaban J connectivity index is 2.22. The Labute approximate surface area is 116 Å². The Kier molecular flexibility index (Phi) is 3.94. The quantitative estimate of drug-likeness (QED) is 0.889. The van der Waals surface area contributed by atoms with Gasteiger partial charge in [0.05, 0.1) is 11.7 Å². The van der Waals surface area contributed by atoms with Crippen molar-refractivity contribution in [1.82, 2.24) is 4.98 Å². The first kappa shape index (κ1) is 13.0. The molecule has 3 N–H and O–H groups in total. The van der Waals surface area contributed by atoms with E-state index in [-0.39, 0.29) is 6.04 Å². The van der Waals surface area contributed by atoms with Crippen molar-refractivity contribution < 1.29 is 0 Å². The van der Waals surface area contributed by atoms with Crippen molar-refractivity contribution in [1.29, 1.82) is 0 Å². The summed E-state index contributed by atoms with van der Waals surface area (Å²) in [5.74, 6) is 0.649. The van der Waals surface area contributed by atoms with Crippen LogP contribution >= 0.6 is 23.2 Å². The molecule has 0 amide bonds. The van der Waals surface area contributed by atoms with Crippen LogP contribution in [0.15, 0.2) is 36.5 Å². The first-order valence-electron chi connectivity index (χ1n) is 5.50. The summed E-state index contributed by atoms with van der Waals surface area (Å²) < 4.78 is 0. The van der Waals surface area contributed by atoms with E-state index in [1.54, 1.807) is 24.4 Å². The number of nitrogens with two attached hydrogens (primary N) is 1. The van der Waals surface area contributed by atoms with E-state index in [0.717, 1.165) is 5.56 Å². The second-order valence-electron chi connectivity index (χ2n) is 3.97. The highest BCUT2D eigenvalue weighted by Crippen LogP contribution is 2.29. The van der Waals surface area contributed by atoms with Gasteiger partial charge in [0, 0.05) is 16.2 Å². The monoisotopic (exact) mass is 281 g/mol. The molecule has 0 aliphatic heterocycles. The van der Waals surface area contributed by atoms with E-state index in [0.29, 0.717) is 21.6 Å². The molecule has 1 heterocycles. The molecule has 5 heteroatoms. The molecule has 0 aliphatic carbocycles. The number of hydrogen-bond acceptors (Lipinski definition) is 3. The zero-order valence-electron chi connectivity index (χ0n) is 9.82. The molecule has 0 radical (unpaired) electrons. The highest BCUT2D eigenvalue weighted by molar-refractivity contribution is 6.35. The molecule has 1 aromatic carbocycles. The third-order valence-electron chi connectivity index (χ3n) is 2.62. The van der Waals surface area contributed by atoms with E-state index in [1.807, 2.05) is 19.1 Å². The molecule has 1 unspecified atom stereocenters. The van der Waals surface area contributed by atoms with Gasteiger partial charge in [-0.2, -0.15) is 0 Å². The van der Waals surface area contributed by atoms with E-state index in [4.69, 9.17) is 28.9 Å². The summed E-state index contributed by atoms with van der Waals surface area (Å²) in [4.78, 5) is 4.19. The molecule has 3 nitrogen and oxygen atoms in total. The summed E-state index contributed by atoms with van der Waals surface area (Å²) in [7, 11) is 0. The average Bonchev–Trinajstić information content (AvgIpc) is 2.32. The molecule has 1 aromatic heterocycles. The maximum atomic E-state index is 6.15. The van der Waals surface area contributed by atoms with Crippen molar-refractivity contribution in [3.8, 4) is 0 Å². The van der Waals surface area contributed by atoms with E-state index in [1.165, 1.54) is 0 Å². The third kappa shape index (κ3) is 2.86. The Morgan fingerprint density at radius 1 is 1.28 bits per heavy atom. The molecule has 18 heavy (non-hydrogen) atoms. The first-order valence-corrected chi connectivity index (χ1v) is 6.25. The molecule has 0 saturated carbocycles. The SMILES string of the molecule is CC(Nc1ncccc1N)c1ccc(Cl)cc1Cl. The average molecular weight is 282 g/mol. The molecule has 2 rings (SSSR count). The number of nitrogen functional groups attached to an aromatic ring is 1. The highest BCUT2D eigenvalue weighted by atomic mass is 35.5. The van der Waals surface area contributed by atoms with Crippen molar-refractivity contribution >= 4 is 34.7 Å². The van der Waals surface area contributed by atoms with Gasteiger partial charge in [0.1, 0.15) is 5.82 Å². The molecule has 0 spiro atoms. The second kappa shape index (κ2) is 5.46. The second-order valence-corrected chi connectivity index (χ2v) is 4.82. The van der Waals surface area contributed by atoms with Gasteiger partial charge in [-0.15, -0.1) is 0 Å². The third-order valence-corrected chi connectivity index (χ3v) is 3.18. The molecule has 0 bridgehead atoms. The predicted octanol–water partition coefficient (Wildman–Crippen LogP) is 4.14. The summed E-state index contributed by atoms with van der Waals surface area (Å²) >= 11 is 12.0. The van der Waals surface area contributed by atoms with Crippen LogP contribution in [0.5, 0.6) is 0 Å². The van der Waals surface area contributed by atoms with Gasteiger partial charge in [0.25, 0.3) is 0 Å². The van der Waals surface area contributed by atoms with Crippen LogP contribution in [0.3, 0.4) is 0 Å². The zero-order chi connectivity index (χ0) is 13.1. The Bertz CT molecular complexity index is 558. The van der Waals surface area contributed by atoms with Crippen LogP contribution in [0.4, 0.5) is 11.5 Å². The number of benzene rings is 1. The van der Waals surface area contributed by atoms with Gasteiger partial charge in [-0.1, -0.05) is 29.3 Å². The lowest BCUT2D eigenvalue weighted by atomic mass is 10.1. The van der Waals surface area contributed by atoms with Crippen molar-refractivity contribution in [2.75, 3.05) is 11.1 Å². The maximum absolute atomic E-state index is 6.15. The Morgan fingerprint density at radius 2 is 2.06 bits per heavy atom. The van der Waals surface area contributed by atoms with Crippen molar-refractivity contribution in [2.24, 2.45) is 0 Å². The van der Waals surface area contributed by atoms with E-state index >= 15 is 0 Å². The Hall–Kier alpha value is -1.45. The molecule has 94 valence electrons. The van der Waals surface area contributed by atoms with Crippen LogP contribution in [-0.2, 0) is 0 Å². The van der Waals surface area contributed by atoms with Crippen LogP contribution in [0.1, 0.15) is 18.5 Å². The van der Waals surface area contributed by atoms with Crippen LogP contribution < -0.4 is 11.1 Å². The van der Waals surface area contributed by atoms with Gasteiger partial charge in [0.15, 0.2) is 0 Å². The minimum atomic E-state index is -0.00744. The molecule has 1 atom stereocenters. The van der Waals surface area contributed by atoms with E-state index in [9.17, 15) is 0 Å². The summed E-state index contributed by atoms with van der Waals surface area (Å²) in [6.45, 7) is 1.99. The molecule has 0 saturated heterocycles. The number of anilines is 2. The van der Waals surface area contributed by atoms with Crippen LogP contribution in [0, 0.1) is 0 Å². The number of hydrogen-bond donors (Lipinski definition) is 2. The number of halogens is 2. The number of nitrogens with one attached hydrogen (secondary N) is 1. The fourth-order valence-corrected chi connectivity index (χ4v) is 2.25. The topological polar surface area (TPSA) is 50.9 Å². The van der Waals surface area contributed by atoms with Crippen LogP contribution in [-0.4, -0.2) is 4.98 Å². The Morgan fingerprint density at radius 3 is 2.72 bits per heavy atom. The smallest absolute Gasteiger partial charge is 0.149 e. The predicted molar refractivity (Wildman–Crippen MR) is 77.1 cm³/mol. The van der Waals surface area contributed by atoms with Gasteiger partial charge < -0.3 is 11.1 Å². The van der Waals surface area contributed by atoms with Crippen molar-refractivity contribution in [3.05, 3.63) is 52.1 Å². The van der Waals surface area contributed by atoms with Gasteiger partial charge in [0.2, 0.25) is 0 Å². The molecular weight excluding hydrogens is 269 g/mol. The van der Waals surface area contributed by atoms with Gasteiger partial charge in [-0.3, -0.25) is 0 Å². The van der Waals surface area contributed by atoms with Crippen LogP contribution in [0.2, 0.25) is 10.0 Å². The van der Waals surface area contributed by atoms with Gasteiger partial charge in [-0.25, -0.2) is 4.98 Å². The maximum Gasteiger partial charge on any atom is 0.149 e. The minimum absolute atomic E-state index is 0.00744. The van der Waals surface area contributed by atoms with Crippen molar-refractivity contribution in [2.45, 2.75) is 13.0 Å². The lowest BCUT2D eigenvalue weighted by Gasteiger charge is -2.17. The summed E-state index contributed by atoms with van der Waals surface area (Å²) in [6.07, 6.45) is 1.69. The van der Waals surface area contributed by atoms with E-state index < -0.39 is 0 Å². The number of pyridine rings is 1. The highest BCUT2D eigenvalue weighted by Gasteiger charge is 2.11. The lowest BCUT2D eigenvalue weighted by Crippen LogP contribution is -2.10. The zero-order valence-corrected chi connectivity index (χ0v) is 11.3. The summed E-state index contributed by atoms with van der Waals surface area (Å²) in [5.41, 5.74) is 7.39. The fourth-order valence-electron chi connectivity index (χ4n) is 1.67. The fraction of sp³-hybridized carbons (Fsp3) is 0.154. The minimum Gasteiger partial charge on any atom is -0.396 e. The van der Waals surface area contributed by atoms with Crippen LogP contribution in [0.25, 0.3) is 0 Å². The largest absolute Gasteiger partial charge is 0.396 e. The lowest BCUT2D eigenvalue weighted by molar-refractivity contribution is 0.876. The first-order chi connectivity index (χ1) is 8.58. The summed E-state index contributed by atoms with van der Waals surface area (Å²) in [6, 6.07) is 9.00. The normalized spacial score (nSPS) is 12.2. The number of aromatic nitrogens is 1. The van der Waals surface area contributed by atoms with Gasteiger partial charge in [-0.05, 0) is 36.8 Å². The molecule has 0 aliphatic rings. The number of nitrogens with zero attached hydrogens (tertiary/aromatic N) is 1. The molecule has 2 aromatic rings.